The molecule has 1 aliphatic rings. The lowest BCUT2D eigenvalue weighted by Gasteiger charge is -2.35. The Kier molecular flexibility index (Phi) is 4.66. The molecule has 1 amide bonds. The zero-order chi connectivity index (χ0) is 14.0. The molecular formula is C13H17Cl2N3O. The molecule has 104 valence electrons. The Bertz CT molecular complexity index is 471. The van der Waals surface area contributed by atoms with Crippen LogP contribution in [-0.4, -0.2) is 53.9 Å². The van der Waals surface area contributed by atoms with Crippen molar-refractivity contribution in [3.05, 3.63) is 28.0 Å². The Morgan fingerprint density at radius 1 is 1.37 bits per heavy atom. The number of hydrogen-bond donors (Lipinski definition) is 0. The first-order valence-electron chi connectivity index (χ1n) is 6.26. The van der Waals surface area contributed by atoms with Crippen molar-refractivity contribution >= 4 is 29.1 Å². The fourth-order valence-corrected chi connectivity index (χ4v) is 2.67. The van der Waals surface area contributed by atoms with E-state index in [1.54, 1.807) is 0 Å². The number of nitrogens with zero attached hydrogens (tertiary/aromatic N) is 3. The van der Waals surface area contributed by atoms with Crippen molar-refractivity contribution < 1.29 is 4.79 Å². The van der Waals surface area contributed by atoms with Crippen LogP contribution in [0.3, 0.4) is 0 Å². The van der Waals surface area contributed by atoms with Crippen LogP contribution in [0.15, 0.2) is 12.3 Å². The van der Waals surface area contributed by atoms with E-state index in [1.165, 1.54) is 12.3 Å². The summed E-state index contributed by atoms with van der Waals surface area (Å²) in [7, 11) is 4.14. The molecular weight excluding hydrogens is 285 g/mol. The molecule has 0 spiro atoms. The van der Waals surface area contributed by atoms with Gasteiger partial charge in [-0.2, -0.15) is 0 Å². The summed E-state index contributed by atoms with van der Waals surface area (Å²) in [6, 6.07) is 2.07. The highest BCUT2D eigenvalue weighted by Gasteiger charge is 2.25. The normalized spacial score (nSPS) is 17.0. The van der Waals surface area contributed by atoms with Gasteiger partial charge < -0.3 is 9.80 Å². The second-order valence-corrected chi connectivity index (χ2v) is 5.77. The standard InChI is InChI=1S/C13H17Cl2N3O/c1-17(2)9-3-5-18(6-4-9)13(19)10-7-12(15)16-8-11(10)14/h7-9H,3-6H2,1-2H3. The van der Waals surface area contributed by atoms with E-state index in [9.17, 15) is 4.79 Å². The summed E-state index contributed by atoms with van der Waals surface area (Å²) in [5, 5.41) is 0.639. The van der Waals surface area contributed by atoms with Crippen LogP contribution in [0.2, 0.25) is 10.2 Å². The molecule has 0 aliphatic carbocycles. The lowest BCUT2D eigenvalue weighted by atomic mass is 10.0. The summed E-state index contributed by atoms with van der Waals surface area (Å²) < 4.78 is 0. The van der Waals surface area contributed by atoms with Crippen molar-refractivity contribution in [2.75, 3.05) is 27.2 Å². The van der Waals surface area contributed by atoms with Gasteiger partial charge in [0.25, 0.3) is 5.91 Å². The van der Waals surface area contributed by atoms with Gasteiger partial charge in [0.2, 0.25) is 0 Å². The fraction of sp³-hybridized carbons (Fsp3) is 0.538. The van der Waals surface area contributed by atoms with Crippen LogP contribution in [0.25, 0.3) is 0 Å². The van der Waals surface area contributed by atoms with Crippen molar-refractivity contribution in [1.82, 2.24) is 14.8 Å². The van der Waals surface area contributed by atoms with Crippen molar-refractivity contribution in [3.8, 4) is 0 Å². The summed E-state index contributed by atoms with van der Waals surface area (Å²) >= 11 is 11.8. The molecule has 0 bridgehead atoms. The number of halogens is 2. The van der Waals surface area contributed by atoms with E-state index in [0.29, 0.717) is 16.6 Å². The molecule has 0 aromatic carbocycles. The van der Waals surface area contributed by atoms with Gasteiger partial charge in [0.05, 0.1) is 10.6 Å². The van der Waals surface area contributed by atoms with E-state index < -0.39 is 0 Å². The first-order chi connectivity index (χ1) is 8.99. The number of carbonyl (C=O) groups excluding carboxylic acids is 1. The monoisotopic (exact) mass is 301 g/mol. The second-order valence-electron chi connectivity index (χ2n) is 4.97. The molecule has 2 heterocycles. The third kappa shape index (κ3) is 3.38. The van der Waals surface area contributed by atoms with Gasteiger partial charge in [-0.3, -0.25) is 4.79 Å². The average Bonchev–Trinajstić information content (AvgIpc) is 2.41. The quantitative estimate of drug-likeness (QED) is 0.788. The van der Waals surface area contributed by atoms with Crippen LogP contribution >= 0.6 is 23.2 Å². The van der Waals surface area contributed by atoms with E-state index in [-0.39, 0.29) is 11.1 Å². The molecule has 1 aliphatic heterocycles. The minimum Gasteiger partial charge on any atom is -0.338 e. The molecule has 0 unspecified atom stereocenters. The Morgan fingerprint density at radius 3 is 2.58 bits per heavy atom. The highest BCUT2D eigenvalue weighted by Crippen LogP contribution is 2.22. The van der Waals surface area contributed by atoms with Crippen LogP contribution in [0.4, 0.5) is 0 Å². The van der Waals surface area contributed by atoms with E-state index in [4.69, 9.17) is 23.2 Å². The molecule has 1 aromatic rings. The van der Waals surface area contributed by atoms with E-state index >= 15 is 0 Å². The molecule has 0 saturated carbocycles. The van der Waals surface area contributed by atoms with Crippen molar-refractivity contribution in [2.45, 2.75) is 18.9 Å². The van der Waals surface area contributed by atoms with E-state index in [0.717, 1.165) is 25.9 Å². The smallest absolute Gasteiger partial charge is 0.255 e. The summed E-state index contributed by atoms with van der Waals surface area (Å²) in [6.07, 6.45) is 3.38. The van der Waals surface area contributed by atoms with E-state index in [2.05, 4.69) is 24.0 Å². The molecule has 6 heteroatoms. The average molecular weight is 302 g/mol. The molecule has 2 rings (SSSR count). The Balaban J connectivity index is 2.07. The largest absolute Gasteiger partial charge is 0.338 e. The number of aromatic nitrogens is 1. The van der Waals surface area contributed by atoms with Gasteiger partial charge in [-0.25, -0.2) is 4.98 Å². The molecule has 1 aromatic heterocycles. The SMILES string of the molecule is CN(C)C1CCN(C(=O)c2cc(Cl)ncc2Cl)CC1. The van der Waals surface area contributed by atoms with Crippen LogP contribution in [0, 0.1) is 0 Å². The van der Waals surface area contributed by atoms with Gasteiger partial charge in [0.15, 0.2) is 0 Å². The Morgan fingerprint density at radius 2 is 2.00 bits per heavy atom. The predicted molar refractivity (Wildman–Crippen MR) is 76.9 cm³/mol. The van der Waals surface area contributed by atoms with Gasteiger partial charge in [0.1, 0.15) is 5.15 Å². The third-order valence-corrected chi connectivity index (χ3v) is 4.04. The number of hydrogen-bond acceptors (Lipinski definition) is 3. The molecule has 1 fully saturated rings. The summed E-state index contributed by atoms with van der Waals surface area (Å²) in [6.45, 7) is 1.50. The van der Waals surface area contributed by atoms with Crippen LogP contribution in [0.1, 0.15) is 23.2 Å². The number of carbonyl (C=O) groups is 1. The number of pyridine rings is 1. The third-order valence-electron chi connectivity index (χ3n) is 3.53. The van der Waals surface area contributed by atoms with Crippen molar-refractivity contribution in [3.63, 3.8) is 0 Å². The van der Waals surface area contributed by atoms with Crippen LogP contribution in [-0.2, 0) is 0 Å². The number of rotatable bonds is 2. The maximum atomic E-state index is 12.4. The van der Waals surface area contributed by atoms with Gasteiger partial charge in [-0.1, -0.05) is 23.2 Å². The van der Waals surface area contributed by atoms with Gasteiger partial charge in [0, 0.05) is 25.3 Å². The Labute approximate surface area is 123 Å². The van der Waals surface area contributed by atoms with E-state index in [1.807, 2.05) is 4.90 Å². The number of piperidine rings is 1. The zero-order valence-corrected chi connectivity index (χ0v) is 12.6. The number of amides is 1. The summed E-state index contributed by atoms with van der Waals surface area (Å²) in [4.78, 5) is 20.3. The maximum absolute atomic E-state index is 12.4. The molecule has 0 N–H and O–H groups in total. The maximum Gasteiger partial charge on any atom is 0.255 e. The first kappa shape index (κ1) is 14.6. The van der Waals surface area contributed by atoms with Crippen molar-refractivity contribution in [2.24, 2.45) is 0 Å². The van der Waals surface area contributed by atoms with Crippen molar-refractivity contribution in [1.29, 1.82) is 0 Å². The summed E-state index contributed by atoms with van der Waals surface area (Å²) in [5.74, 6) is -0.0634. The highest BCUT2D eigenvalue weighted by molar-refractivity contribution is 6.35. The lowest BCUT2D eigenvalue weighted by Crippen LogP contribution is -2.44. The molecule has 0 radical (unpaired) electrons. The molecule has 0 atom stereocenters. The minimum absolute atomic E-state index is 0.0634. The van der Waals surface area contributed by atoms with Crippen LogP contribution in [0.5, 0.6) is 0 Å². The Hall–Kier alpha value is -0.840. The summed E-state index contributed by atoms with van der Waals surface area (Å²) in [5.41, 5.74) is 0.435. The molecule has 19 heavy (non-hydrogen) atoms. The van der Waals surface area contributed by atoms with Gasteiger partial charge in [-0.15, -0.1) is 0 Å². The molecule has 4 nitrogen and oxygen atoms in total. The first-order valence-corrected chi connectivity index (χ1v) is 7.01. The molecule has 1 saturated heterocycles. The minimum atomic E-state index is -0.0634. The fourth-order valence-electron chi connectivity index (χ4n) is 2.33. The van der Waals surface area contributed by atoms with Gasteiger partial charge >= 0.3 is 0 Å². The zero-order valence-electron chi connectivity index (χ0n) is 11.1. The second kappa shape index (κ2) is 6.07. The number of likely N-dealkylation sites (tertiary alicyclic amines) is 1. The van der Waals surface area contributed by atoms with Gasteiger partial charge in [-0.05, 0) is 33.0 Å². The lowest BCUT2D eigenvalue weighted by molar-refractivity contribution is 0.0663. The predicted octanol–water partition coefficient (Wildman–Crippen LogP) is 2.55. The topological polar surface area (TPSA) is 36.4 Å². The van der Waals surface area contributed by atoms with Crippen LogP contribution < -0.4 is 0 Å². The highest BCUT2D eigenvalue weighted by atomic mass is 35.5.